The number of aliphatic hydroxyl groups is 2. The molecule has 1 aromatic carbocycles. The second-order valence-corrected chi connectivity index (χ2v) is 6.73. The zero-order valence-corrected chi connectivity index (χ0v) is 14.0. The number of nitrogens with two attached hydrogens (primary N) is 1. The van der Waals surface area contributed by atoms with Crippen LogP contribution in [0.4, 0.5) is 0 Å². The summed E-state index contributed by atoms with van der Waals surface area (Å²) in [7, 11) is 0. The van der Waals surface area contributed by atoms with Gasteiger partial charge in [-0.05, 0) is 43.5 Å². The molecule has 0 aliphatic rings. The summed E-state index contributed by atoms with van der Waals surface area (Å²) < 4.78 is 0. The number of thioether (sulfide) groups is 1. The lowest BCUT2D eigenvalue weighted by Crippen LogP contribution is -2.31. The minimum atomic E-state index is -0.583. The van der Waals surface area contributed by atoms with E-state index in [-0.39, 0.29) is 0 Å². The molecule has 0 bridgehead atoms. The lowest BCUT2D eigenvalue weighted by molar-refractivity contribution is 0.0455. The van der Waals surface area contributed by atoms with E-state index in [1.807, 2.05) is 24.3 Å². The van der Waals surface area contributed by atoms with E-state index in [0.717, 1.165) is 36.1 Å². The standard InChI is InChI=1S/C17H29NO2S/c1-3-9-17(20,10-4-2)13-21-15-7-5-6-14(12-15)16(19)8-11-18/h5-7,12,16,19-20H,3-4,8-11,13,18H2,1-2H3. The molecule has 1 aromatic rings. The summed E-state index contributed by atoms with van der Waals surface area (Å²) >= 11 is 1.66. The highest BCUT2D eigenvalue weighted by atomic mass is 32.2. The van der Waals surface area contributed by atoms with Crippen LogP contribution in [-0.4, -0.2) is 28.1 Å². The first-order chi connectivity index (χ1) is 10.0. The van der Waals surface area contributed by atoms with Gasteiger partial charge >= 0.3 is 0 Å². The molecule has 1 unspecified atom stereocenters. The quantitative estimate of drug-likeness (QED) is 0.579. The lowest BCUT2D eigenvalue weighted by atomic mass is 9.95. The molecule has 3 nitrogen and oxygen atoms in total. The van der Waals surface area contributed by atoms with Gasteiger partial charge in [0, 0.05) is 10.6 Å². The first-order valence-corrected chi connectivity index (χ1v) is 8.86. The normalized spacial score (nSPS) is 13.4. The van der Waals surface area contributed by atoms with Crippen molar-refractivity contribution in [2.24, 2.45) is 5.73 Å². The van der Waals surface area contributed by atoms with Crippen LogP contribution in [0.3, 0.4) is 0 Å². The summed E-state index contributed by atoms with van der Waals surface area (Å²) in [6.45, 7) is 4.69. The molecule has 0 fully saturated rings. The van der Waals surface area contributed by atoms with Crippen molar-refractivity contribution in [3.63, 3.8) is 0 Å². The zero-order chi connectivity index (χ0) is 15.7. The van der Waals surface area contributed by atoms with Crippen LogP contribution in [0.5, 0.6) is 0 Å². The average molecular weight is 311 g/mol. The third-order valence-corrected chi connectivity index (χ3v) is 4.89. The van der Waals surface area contributed by atoms with Gasteiger partial charge in [0.05, 0.1) is 11.7 Å². The number of aliphatic hydroxyl groups excluding tert-OH is 1. The maximum atomic E-state index is 10.6. The molecule has 4 N–H and O–H groups in total. The lowest BCUT2D eigenvalue weighted by Gasteiger charge is -2.27. The Labute approximate surface area is 132 Å². The maximum Gasteiger partial charge on any atom is 0.0802 e. The molecule has 1 rings (SSSR count). The van der Waals surface area contributed by atoms with Crippen molar-refractivity contribution in [3.8, 4) is 0 Å². The van der Waals surface area contributed by atoms with Crippen LogP contribution < -0.4 is 5.73 Å². The first kappa shape index (κ1) is 18.5. The summed E-state index contributed by atoms with van der Waals surface area (Å²) in [4.78, 5) is 1.09. The van der Waals surface area contributed by atoms with E-state index in [2.05, 4.69) is 13.8 Å². The van der Waals surface area contributed by atoms with Crippen LogP contribution in [0.1, 0.15) is 57.6 Å². The van der Waals surface area contributed by atoms with Gasteiger partial charge in [0.15, 0.2) is 0 Å². The minimum absolute atomic E-state index is 0.477. The molecule has 0 aliphatic heterocycles. The Morgan fingerprint density at radius 2 is 1.90 bits per heavy atom. The van der Waals surface area contributed by atoms with E-state index in [0.29, 0.717) is 18.7 Å². The number of hydrogen-bond donors (Lipinski definition) is 3. The smallest absolute Gasteiger partial charge is 0.0802 e. The van der Waals surface area contributed by atoms with E-state index in [1.165, 1.54) is 0 Å². The van der Waals surface area contributed by atoms with E-state index >= 15 is 0 Å². The van der Waals surface area contributed by atoms with Gasteiger partial charge in [0.1, 0.15) is 0 Å². The second kappa shape index (κ2) is 9.46. The zero-order valence-electron chi connectivity index (χ0n) is 13.2. The molecule has 1 atom stereocenters. The van der Waals surface area contributed by atoms with Crippen molar-refractivity contribution in [1.82, 2.24) is 0 Å². The number of benzene rings is 1. The van der Waals surface area contributed by atoms with E-state index in [1.54, 1.807) is 11.8 Å². The Balaban J connectivity index is 2.67. The van der Waals surface area contributed by atoms with Crippen molar-refractivity contribution in [3.05, 3.63) is 29.8 Å². The predicted octanol–water partition coefficient (Wildman–Crippen LogP) is 3.49. The Hall–Kier alpha value is -0.550. The maximum absolute atomic E-state index is 10.6. The Bertz CT molecular complexity index is 406. The highest BCUT2D eigenvalue weighted by Crippen LogP contribution is 2.30. The molecule has 0 amide bonds. The molecule has 0 heterocycles. The van der Waals surface area contributed by atoms with Gasteiger partial charge in [-0.1, -0.05) is 38.8 Å². The van der Waals surface area contributed by atoms with Crippen molar-refractivity contribution in [2.45, 2.75) is 62.6 Å². The fraction of sp³-hybridized carbons (Fsp3) is 0.647. The highest BCUT2D eigenvalue weighted by molar-refractivity contribution is 7.99. The van der Waals surface area contributed by atoms with Crippen molar-refractivity contribution < 1.29 is 10.2 Å². The van der Waals surface area contributed by atoms with Crippen LogP contribution in [0, 0.1) is 0 Å². The van der Waals surface area contributed by atoms with Crippen LogP contribution in [0.25, 0.3) is 0 Å². The van der Waals surface area contributed by atoms with Gasteiger partial charge < -0.3 is 15.9 Å². The molecule has 0 aliphatic carbocycles. The third kappa shape index (κ3) is 6.39. The van der Waals surface area contributed by atoms with Gasteiger partial charge in [-0.25, -0.2) is 0 Å². The largest absolute Gasteiger partial charge is 0.389 e. The number of rotatable bonds is 10. The second-order valence-electron chi connectivity index (χ2n) is 5.68. The molecule has 120 valence electrons. The summed E-state index contributed by atoms with van der Waals surface area (Å²) in [5.74, 6) is 0.700. The van der Waals surface area contributed by atoms with Crippen LogP contribution in [0.15, 0.2) is 29.2 Å². The predicted molar refractivity (Wildman–Crippen MR) is 90.6 cm³/mol. The average Bonchev–Trinajstić information content (AvgIpc) is 2.46. The number of hydrogen-bond acceptors (Lipinski definition) is 4. The first-order valence-electron chi connectivity index (χ1n) is 7.88. The molecule has 0 radical (unpaired) electrons. The SMILES string of the molecule is CCCC(O)(CCC)CSc1cccc(C(O)CCN)c1. The monoisotopic (exact) mass is 311 g/mol. The van der Waals surface area contributed by atoms with Crippen LogP contribution >= 0.6 is 11.8 Å². The summed E-state index contributed by atoms with van der Waals surface area (Å²) in [6, 6.07) is 7.91. The summed E-state index contributed by atoms with van der Waals surface area (Å²) in [5.41, 5.74) is 5.81. The van der Waals surface area contributed by atoms with Crippen LogP contribution in [0.2, 0.25) is 0 Å². The minimum Gasteiger partial charge on any atom is -0.389 e. The van der Waals surface area contributed by atoms with E-state index < -0.39 is 11.7 Å². The molecule has 4 heteroatoms. The Morgan fingerprint density at radius 3 is 2.48 bits per heavy atom. The fourth-order valence-corrected chi connectivity index (χ4v) is 3.67. The van der Waals surface area contributed by atoms with E-state index in [4.69, 9.17) is 5.73 Å². The van der Waals surface area contributed by atoms with Crippen molar-refractivity contribution in [2.75, 3.05) is 12.3 Å². The molecule has 0 saturated carbocycles. The van der Waals surface area contributed by atoms with Gasteiger partial charge in [-0.3, -0.25) is 0 Å². The van der Waals surface area contributed by atoms with Gasteiger partial charge in [0.2, 0.25) is 0 Å². The van der Waals surface area contributed by atoms with Gasteiger partial charge in [0.25, 0.3) is 0 Å². The third-order valence-electron chi connectivity index (χ3n) is 3.62. The van der Waals surface area contributed by atoms with Crippen molar-refractivity contribution >= 4 is 11.8 Å². The summed E-state index contributed by atoms with van der Waals surface area (Å²) in [6.07, 6.45) is 3.73. The molecular weight excluding hydrogens is 282 g/mol. The van der Waals surface area contributed by atoms with Gasteiger partial charge in [-0.2, -0.15) is 0 Å². The van der Waals surface area contributed by atoms with Crippen molar-refractivity contribution in [1.29, 1.82) is 0 Å². The summed E-state index contributed by atoms with van der Waals surface area (Å²) in [5, 5.41) is 20.7. The molecule has 0 aromatic heterocycles. The van der Waals surface area contributed by atoms with Crippen LogP contribution in [-0.2, 0) is 0 Å². The molecule has 0 spiro atoms. The molecule has 21 heavy (non-hydrogen) atoms. The Morgan fingerprint density at radius 1 is 1.24 bits per heavy atom. The van der Waals surface area contributed by atoms with E-state index in [9.17, 15) is 10.2 Å². The topological polar surface area (TPSA) is 66.5 Å². The Kier molecular flexibility index (Phi) is 8.34. The van der Waals surface area contributed by atoms with Gasteiger partial charge in [-0.15, -0.1) is 11.8 Å². The highest BCUT2D eigenvalue weighted by Gasteiger charge is 2.24. The fourth-order valence-electron chi connectivity index (χ4n) is 2.55. The molecular formula is C17H29NO2S. The molecule has 0 saturated heterocycles.